The van der Waals surface area contributed by atoms with Crippen molar-refractivity contribution in [2.24, 2.45) is 11.3 Å². The standard InChI is InChI=1S/C15H21NO/c1-2-3-13-4-7-15(12-16,8-5-13)10-14-6-9-17-11-14/h6,9,11,13H,2-5,7-8,10H2,1H3. The van der Waals surface area contributed by atoms with Gasteiger partial charge in [-0.05, 0) is 49.7 Å². The van der Waals surface area contributed by atoms with Crippen LogP contribution in [-0.4, -0.2) is 0 Å². The molecule has 0 spiro atoms. The van der Waals surface area contributed by atoms with E-state index in [1.807, 2.05) is 6.07 Å². The van der Waals surface area contributed by atoms with Gasteiger partial charge in [0.15, 0.2) is 0 Å². The topological polar surface area (TPSA) is 36.9 Å². The molecule has 1 heterocycles. The van der Waals surface area contributed by atoms with Crippen LogP contribution in [-0.2, 0) is 6.42 Å². The van der Waals surface area contributed by atoms with Gasteiger partial charge in [-0.3, -0.25) is 0 Å². The minimum atomic E-state index is -0.131. The van der Waals surface area contributed by atoms with E-state index in [9.17, 15) is 5.26 Å². The largest absolute Gasteiger partial charge is 0.472 e. The molecule has 17 heavy (non-hydrogen) atoms. The van der Waals surface area contributed by atoms with Crippen molar-refractivity contribution >= 4 is 0 Å². The van der Waals surface area contributed by atoms with E-state index in [-0.39, 0.29) is 5.41 Å². The Balaban J connectivity index is 1.96. The third-order valence-corrected chi connectivity index (χ3v) is 4.12. The van der Waals surface area contributed by atoms with E-state index in [1.54, 1.807) is 12.5 Å². The van der Waals surface area contributed by atoms with Gasteiger partial charge in [-0.1, -0.05) is 19.8 Å². The third kappa shape index (κ3) is 2.91. The minimum absolute atomic E-state index is 0.131. The number of nitrogens with zero attached hydrogens (tertiary/aromatic N) is 1. The second-order valence-electron chi connectivity index (χ2n) is 5.43. The fraction of sp³-hybridized carbons (Fsp3) is 0.667. The molecule has 92 valence electrons. The van der Waals surface area contributed by atoms with Gasteiger partial charge in [-0.15, -0.1) is 0 Å². The molecular formula is C15H21NO. The van der Waals surface area contributed by atoms with Crippen LogP contribution < -0.4 is 0 Å². The van der Waals surface area contributed by atoms with Crippen LogP contribution >= 0.6 is 0 Å². The summed E-state index contributed by atoms with van der Waals surface area (Å²) in [7, 11) is 0. The van der Waals surface area contributed by atoms with E-state index in [0.717, 1.165) is 25.2 Å². The predicted octanol–water partition coefficient (Wildman–Crippen LogP) is 4.32. The lowest BCUT2D eigenvalue weighted by Gasteiger charge is -2.34. The summed E-state index contributed by atoms with van der Waals surface area (Å²) < 4.78 is 5.10. The number of hydrogen-bond acceptors (Lipinski definition) is 2. The summed E-state index contributed by atoms with van der Waals surface area (Å²) in [4.78, 5) is 0. The molecule has 1 aliphatic carbocycles. The maximum Gasteiger partial charge on any atom is 0.0935 e. The molecule has 0 aliphatic heterocycles. The average Bonchev–Trinajstić information content (AvgIpc) is 2.85. The second-order valence-corrected chi connectivity index (χ2v) is 5.43. The minimum Gasteiger partial charge on any atom is -0.472 e. The highest BCUT2D eigenvalue weighted by Crippen LogP contribution is 2.42. The van der Waals surface area contributed by atoms with Crippen molar-refractivity contribution in [2.45, 2.75) is 51.9 Å². The number of rotatable bonds is 4. The first-order valence-corrected chi connectivity index (χ1v) is 6.70. The van der Waals surface area contributed by atoms with E-state index in [1.165, 1.54) is 31.2 Å². The third-order valence-electron chi connectivity index (χ3n) is 4.12. The Kier molecular flexibility index (Phi) is 3.89. The van der Waals surface area contributed by atoms with Gasteiger partial charge in [0.25, 0.3) is 0 Å². The average molecular weight is 231 g/mol. The highest BCUT2D eigenvalue weighted by molar-refractivity contribution is 5.14. The molecule has 1 saturated carbocycles. The summed E-state index contributed by atoms with van der Waals surface area (Å²) in [5, 5.41) is 9.48. The van der Waals surface area contributed by atoms with Crippen LogP contribution in [0.25, 0.3) is 0 Å². The maximum atomic E-state index is 9.48. The Hall–Kier alpha value is -1.23. The van der Waals surface area contributed by atoms with Gasteiger partial charge in [-0.2, -0.15) is 5.26 Å². The molecule has 1 aliphatic rings. The highest BCUT2D eigenvalue weighted by Gasteiger charge is 2.35. The summed E-state index contributed by atoms with van der Waals surface area (Å²) >= 11 is 0. The Morgan fingerprint density at radius 1 is 1.47 bits per heavy atom. The van der Waals surface area contributed by atoms with Crippen LogP contribution in [0.15, 0.2) is 23.0 Å². The molecule has 1 aromatic rings. The van der Waals surface area contributed by atoms with Crippen LogP contribution in [0.3, 0.4) is 0 Å². The molecule has 2 nitrogen and oxygen atoms in total. The molecule has 0 atom stereocenters. The van der Waals surface area contributed by atoms with E-state index >= 15 is 0 Å². The Bertz CT molecular complexity index is 366. The van der Waals surface area contributed by atoms with Crippen molar-refractivity contribution in [1.82, 2.24) is 0 Å². The van der Waals surface area contributed by atoms with E-state index in [0.29, 0.717) is 0 Å². The predicted molar refractivity (Wildman–Crippen MR) is 67.3 cm³/mol. The quantitative estimate of drug-likeness (QED) is 0.773. The van der Waals surface area contributed by atoms with Gasteiger partial charge >= 0.3 is 0 Å². The SMILES string of the molecule is CCCC1CCC(C#N)(Cc2ccoc2)CC1. The first-order valence-electron chi connectivity index (χ1n) is 6.70. The van der Waals surface area contributed by atoms with Crippen molar-refractivity contribution < 1.29 is 4.42 Å². The van der Waals surface area contributed by atoms with Gasteiger partial charge < -0.3 is 4.42 Å². The zero-order valence-corrected chi connectivity index (χ0v) is 10.6. The monoisotopic (exact) mass is 231 g/mol. The van der Waals surface area contributed by atoms with E-state index in [2.05, 4.69) is 13.0 Å². The first-order chi connectivity index (χ1) is 8.28. The molecule has 0 saturated heterocycles. The van der Waals surface area contributed by atoms with E-state index < -0.39 is 0 Å². The second kappa shape index (κ2) is 5.40. The number of nitriles is 1. The number of furan rings is 1. The van der Waals surface area contributed by atoms with Crippen molar-refractivity contribution in [3.63, 3.8) is 0 Å². The Labute approximate surface area is 104 Å². The first kappa shape index (κ1) is 12.2. The summed E-state index contributed by atoms with van der Waals surface area (Å²) in [6.07, 6.45) is 11.5. The van der Waals surface area contributed by atoms with Crippen LogP contribution in [0.5, 0.6) is 0 Å². The molecular weight excluding hydrogens is 210 g/mol. The highest BCUT2D eigenvalue weighted by atomic mass is 16.3. The summed E-state index contributed by atoms with van der Waals surface area (Å²) in [6.45, 7) is 2.25. The zero-order valence-electron chi connectivity index (χ0n) is 10.6. The molecule has 0 amide bonds. The van der Waals surface area contributed by atoms with Crippen molar-refractivity contribution in [3.8, 4) is 6.07 Å². The smallest absolute Gasteiger partial charge is 0.0935 e. The van der Waals surface area contributed by atoms with Gasteiger partial charge in [0.05, 0.1) is 24.0 Å². The van der Waals surface area contributed by atoms with E-state index in [4.69, 9.17) is 4.42 Å². The molecule has 1 aromatic heterocycles. The molecule has 1 fully saturated rings. The lowest BCUT2D eigenvalue weighted by atomic mass is 9.68. The fourth-order valence-corrected chi connectivity index (χ4v) is 3.04. The number of hydrogen-bond donors (Lipinski definition) is 0. The van der Waals surface area contributed by atoms with Crippen molar-refractivity contribution in [2.75, 3.05) is 0 Å². The fourth-order valence-electron chi connectivity index (χ4n) is 3.04. The van der Waals surface area contributed by atoms with Crippen molar-refractivity contribution in [3.05, 3.63) is 24.2 Å². The van der Waals surface area contributed by atoms with Gasteiger partial charge in [0.2, 0.25) is 0 Å². The normalized spacial score (nSPS) is 28.8. The van der Waals surface area contributed by atoms with Gasteiger partial charge in [0, 0.05) is 0 Å². The Morgan fingerprint density at radius 3 is 2.76 bits per heavy atom. The molecule has 0 radical (unpaired) electrons. The summed E-state index contributed by atoms with van der Waals surface area (Å²) in [5.41, 5.74) is 1.04. The molecule has 2 rings (SSSR count). The summed E-state index contributed by atoms with van der Waals surface area (Å²) in [6, 6.07) is 4.56. The van der Waals surface area contributed by atoms with Gasteiger partial charge in [-0.25, -0.2) is 0 Å². The summed E-state index contributed by atoms with van der Waals surface area (Å²) in [5.74, 6) is 0.853. The molecule has 0 aromatic carbocycles. The lowest BCUT2D eigenvalue weighted by Crippen LogP contribution is -2.28. The van der Waals surface area contributed by atoms with Crippen LogP contribution in [0, 0.1) is 22.7 Å². The Morgan fingerprint density at radius 2 is 2.24 bits per heavy atom. The molecule has 0 unspecified atom stereocenters. The van der Waals surface area contributed by atoms with Crippen LogP contribution in [0.1, 0.15) is 51.0 Å². The molecule has 0 N–H and O–H groups in total. The zero-order chi connectivity index (χ0) is 12.1. The molecule has 0 bridgehead atoms. The van der Waals surface area contributed by atoms with Gasteiger partial charge in [0.1, 0.15) is 0 Å². The van der Waals surface area contributed by atoms with Crippen molar-refractivity contribution in [1.29, 1.82) is 5.26 Å². The van der Waals surface area contributed by atoms with Crippen LogP contribution in [0.4, 0.5) is 0 Å². The lowest BCUT2D eigenvalue weighted by molar-refractivity contribution is 0.200. The molecule has 2 heteroatoms. The van der Waals surface area contributed by atoms with Crippen LogP contribution in [0.2, 0.25) is 0 Å². The maximum absolute atomic E-state index is 9.48.